The highest BCUT2D eigenvalue weighted by Gasteiger charge is 2.09. The molecule has 0 fully saturated rings. The molecule has 0 saturated carbocycles. The number of carbonyl (C=O) groups is 1. The van der Waals surface area contributed by atoms with Gasteiger partial charge in [-0.1, -0.05) is 24.3 Å². The average Bonchev–Trinajstić information content (AvgIpc) is 2.75. The second-order valence-corrected chi connectivity index (χ2v) is 6.43. The molecule has 0 aromatic heterocycles. The number of amides is 1. The molecule has 0 heterocycles. The standard InChI is InChI=1S/C22H30N4O3.HI/c1-5-24-22(26-15-17-9-8-10-18(13-17)21(27)23-3)25-14-16(2)29-20-12-7-6-11-19(20)28-4;/h6-13,16H,5,14-15H2,1-4H3,(H,23,27)(H2,24,25,26);1H. The van der Waals surface area contributed by atoms with Crippen LogP contribution in [0, 0.1) is 0 Å². The molecule has 164 valence electrons. The maximum absolute atomic E-state index is 11.8. The SMILES string of the molecule is CCNC(=NCc1cccc(C(=O)NC)c1)NCC(C)Oc1ccccc1OC.I. The predicted molar refractivity (Wildman–Crippen MR) is 131 cm³/mol. The van der Waals surface area contributed by atoms with Gasteiger partial charge < -0.3 is 25.4 Å². The number of aliphatic imine (C=N–C) groups is 1. The third kappa shape index (κ3) is 8.10. The van der Waals surface area contributed by atoms with E-state index in [1.54, 1.807) is 20.2 Å². The first-order valence-electron chi connectivity index (χ1n) is 9.70. The van der Waals surface area contributed by atoms with Crippen LogP contribution in [0.1, 0.15) is 29.8 Å². The zero-order chi connectivity index (χ0) is 21.1. The lowest BCUT2D eigenvalue weighted by Gasteiger charge is -2.19. The van der Waals surface area contributed by atoms with Crippen molar-refractivity contribution < 1.29 is 14.3 Å². The Morgan fingerprint density at radius 1 is 1.10 bits per heavy atom. The lowest BCUT2D eigenvalue weighted by molar-refractivity contribution is 0.0963. The van der Waals surface area contributed by atoms with E-state index in [2.05, 4.69) is 20.9 Å². The number of benzene rings is 2. The van der Waals surface area contributed by atoms with Gasteiger partial charge in [0, 0.05) is 19.2 Å². The molecule has 0 aliphatic heterocycles. The minimum atomic E-state index is -0.108. The molecule has 0 aliphatic carbocycles. The Balaban J connectivity index is 0.00000450. The van der Waals surface area contributed by atoms with Crippen molar-refractivity contribution in [2.75, 3.05) is 27.2 Å². The van der Waals surface area contributed by atoms with Crippen molar-refractivity contribution in [2.24, 2.45) is 4.99 Å². The van der Waals surface area contributed by atoms with Crippen LogP contribution in [-0.4, -0.2) is 45.2 Å². The second kappa shape index (κ2) is 13.7. The normalized spacial score (nSPS) is 11.7. The zero-order valence-corrected chi connectivity index (χ0v) is 20.2. The number of hydrogen-bond acceptors (Lipinski definition) is 4. The molecule has 0 saturated heterocycles. The molecule has 7 nitrogen and oxygen atoms in total. The quantitative estimate of drug-likeness (QED) is 0.266. The first-order chi connectivity index (χ1) is 14.1. The van der Waals surface area contributed by atoms with E-state index in [1.165, 1.54) is 0 Å². The average molecular weight is 526 g/mol. The van der Waals surface area contributed by atoms with Gasteiger partial charge in [-0.3, -0.25) is 4.79 Å². The van der Waals surface area contributed by atoms with Crippen LogP contribution in [0.4, 0.5) is 0 Å². The summed E-state index contributed by atoms with van der Waals surface area (Å²) < 4.78 is 11.3. The molecular formula is C22H31IN4O3. The summed E-state index contributed by atoms with van der Waals surface area (Å²) in [5, 5.41) is 9.15. The summed E-state index contributed by atoms with van der Waals surface area (Å²) in [6.45, 7) is 5.77. The number of carbonyl (C=O) groups excluding carboxylic acids is 1. The van der Waals surface area contributed by atoms with Crippen molar-refractivity contribution in [3.05, 3.63) is 59.7 Å². The van der Waals surface area contributed by atoms with E-state index in [9.17, 15) is 4.79 Å². The zero-order valence-electron chi connectivity index (χ0n) is 17.9. The van der Waals surface area contributed by atoms with Crippen molar-refractivity contribution in [1.82, 2.24) is 16.0 Å². The van der Waals surface area contributed by atoms with E-state index < -0.39 is 0 Å². The van der Waals surface area contributed by atoms with Gasteiger partial charge >= 0.3 is 0 Å². The monoisotopic (exact) mass is 526 g/mol. The van der Waals surface area contributed by atoms with Crippen LogP contribution in [0.3, 0.4) is 0 Å². The van der Waals surface area contributed by atoms with Crippen LogP contribution in [0.15, 0.2) is 53.5 Å². The fourth-order valence-electron chi connectivity index (χ4n) is 2.68. The van der Waals surface area contributed by atoms with Gasteiger partial charge in [0.15, 0.2) is 17.5 Å². The maximum atomic E-state index is 11.8. The Hall–Kier alpha value is -2.49. The van der Waals surface area contributed by atoms with Gasteiger partial charge in [-0.2, -0.15) is 0 Å². The smallest absolute Gasteiger partial charge is 0.251 e. The molecule has 0 spiro atoms. The minimum Gasteiger partial charge on any atom is -0.493 e. The fourth-order valence-corrected chi connectivity index (χ4v) is 2.68. The van der Waals surface area contributed by atoms with Crippen molar-refractivity contribution in [3.63, 3.8) is 0 Å². The van der Waals surface area contributed by atoms with Crippen molar-refractivity contribution >= 4 is 35.8 Å². The lowest BCUT2D eigenvalue weighted by atomic mass is 10.1. The molecule has 3 N–H and O–H groups in total. The number of nitrogens with one attached hydrogen (secondary N) is 3. The van der Waals surface area contributed by atoms with Gasteiger partial charge in [0.2, 0.25) is 0 Å². The van der Waals surface area contributed by atoms with Crippen molar-refractivity contribution in [2.45, 2.75) is 26.5 Å². The van der Waals surface area contributed by atoms with Gasteiger partial charge in [0.1, 0.15) is 6.10 Å². The number of rotatable bonds is 9. The van der Waals surface area contributed by atoms with Gasteiger partial charge in [-0.15, -0.1) is 24.0 Å². The van der Waals surface area contributed by atoms with E-state index >= 15 is 0 Å². The number of methoxy groups -OCH3 is 1. The Labute approximate surface area is 195 Å². The van der Waals surface area contributed by atoms with E-state index in [0.29, 0.717) is 36.1 Å². The highest BCUT2D eigenvalue weighted by molar-refractivity contribution is 14.0. The number of para-hydroxylation sites is 2. The molecule has 1 atom stereocenters. The van der Waals surface area contributed by atoms with Crippen molar-refractivity contribution in [1.29, 1.82) is 0 Å². The van der Waals surface area contributed by atoms with E-state index in [1.807, 2.05) is 56.3 Å². The topological polar surface area (TPSA) is 84.0 Å². The molecule has 8 heteroatoms. The molecular weight excluding hydrogens is 495 g/mol. The summed E-state index contributed by atoms with van der Waals surface area (Å²) in [5.74, 6) is 1.99. The number of hydrogen-bond donors (Lipinski definition) is 3. The Kier molecular flexibility index (Phi) is 11.7. The highest BCUT2D eigenvalue weighted by atomic mass is 127. The number of nitrogens with zero attached hydrogens (tertiary/aromatic N) is 1. The lowest BCUT2D eigenvalue weighted by Crippen LogP contribution is -2.41. The van der Waals surface area contributed by atoms with Crippen LogP contribution in [0.2, 0.25) is 0 Å². The number of ether oxygens (including phenoxy) is 2. The molecule has 2 rings (SSSR count). The predicted octanol–water partition coefficient (Wildman–Crippen LogP) is 3.20. The summed E-state index contributed by atoms with van der Waals surface area (Å²) in [5.41, 5.74) is 1.58. The molecule has 1 amide bonds. The molecule has 0 aliphatic rings. The molecule has 2 aromatic carbocycles. The van der Waals surface area contributed by atoms with E-state index in [4.69, 9.17) is 9.47 Å². The number of halogens is 1. The Morgan fingerprint density at radius 2 is 1.83 bits per heavy atom. The summed E-state index contributed by atoms with van der Waals surface area (Å²) in [7, 11) is 3.24. The van der Waals surface area contributed by atoms with Crippen molar-refractivity contribution in [3.8, 4) is 11.5 Å². The maximum Gasteiger partial charge on any atom is 0.251 e. The van der Waals surface area contributed by atoms with Crippen LogP contribution in [0.5, 0.6) is 11.5 Å². The van der Waals surface area contributed by atoms with Crippen LogP contribution in [0.25, 0.3) is 0 Å². The van der Waals surface area contributed by atoms with Crippen LogP contribution >= 0.6 is 24.0 Å². The molecule has 0 bridgehead atoms. The first-order valence-corrected chi connectivity index (χ1v) is 9.70. The highest BCUT2D eigenvalue weighted by Crippen LogP contribution is 2.26. The van der Waals surface area contributed by atoms with Crippen LogP contribution < -0.4 is 25.4 Å². The summed E-state index contributed by atoms with van der Waals surface area (Å²) in [4.78, 5) is 16.4. The van der Waals surface area contributed by atoms with Gasteiger partial charge in [-0.05, 0) is 43.7 Å². The minimum absolute atomic E-state index is 0. The molecule has 30 heavy (non-hydrogen) atoms. The summed E-state index contributed by atoms with van der Waals surface area (Å²) in [6.07, 6.45) is -0.0910. The first kappa shape index (κ1) is 25.5. The van der Waals surface area contributed by atoms with E-state index in [0.717, 1.165) is 12.1 Å². The van der Waals surface area contributed by atoms with Gasteiger partial charge in [0.05, 0.1) is 20.2 Å². The largest absolute Gasteiger partial charge is 0.493 e. The fraction of sp³-hybridized carbons (Fsp3) is 0.364. The molecule has 2 aromatic rings. The third-order valence-electron chi connectivity index (χ3n) is 4.13. The van der Waals surface area contributed by atoms with Crippen LogP contribution in [-0.2, 0) is 6.54 Å². The van der Waals surface area contributed by atoms with E-state index in [-0.39, 0.29) is 36.0 Å². The third-order valence-corrected chi connectivity index (χ3v) is 4.13. The summed E-state index contributed by atoms with van der Waals surface area (Å²) >= 11 is 0. The Bertz CT molecular complexity index is 830. The Morgan fingerprint density at radius 3 is 2.50 bits per heavy atom. The second-order valence-electron chi connectivity index (χ2n) is 6.43. The molecule has 1 unspecified atom stereocenters. The molecule has 0 radical (unpaired) electrons. The summed E-state index contributed by atoms with van der Waals surface area (Å²) in [6, 6.07) is 15.0. The van der Waals surface area contributed by atoms with Gasteiger partial charge in [-0.25, -0.2) is 4.99 Å². The van der Waals surface area contributed by atoms with Gasteiger partial charge in [0.25, 0.3) is 5.91 Å². The number of guanidine groups is 1.